The van der Waals surface area contributed by atoms with E-state index in [4.69, 9.17) is 14.2 Å². The second-order valence-corrected chi connectivity index (χ2v) is 16.3. The molecule has 1 aromatic carbocycles. The van der Waals surface area contributed by atoms with Crippen molar-refractivity contribution in [2.45, 2.75) is 105 Å². The third kappa shape index (κ3) is 8.75. The molecule has 0 radical (unpaired) electrons. The van der Waals surface area contributed by atoms with Crippen LogP contribution in [-0.4, -0.2) is 87.1 Å². The smallest absolute Gasteiger partial charge is 0.427 e. The van der Waals surface area contributed by atoms with Crippen LogP contribution in [0.5, 0.6) is 5.75 Å². The van der Waals surface area contributed by atoms with Gasteiger partial charge in [-0.15, -0.1) is 4.90 Å². The first kappa shape index (κ1) is 35.8. The molecule has 0 aliphatic carbocycles. The Hall–Kier alpha value is -3.65. The number of carbonyl (C=O) groups is 4. The van der Waals surface area contributed by atoms with Gasteiger partial charge in [0.2, 0.25) is 10.0 Å². The van der Waals surface area contributed by atoms with E-state index in [-0.39, 0.29) is 46.5 Å². The summed E-state index contributed by atoms with van der Waals surface area (Å²) in [5.41, 5.74) is -2.90. The van der Waals surface area contributed by atoms with Gasteiger partial charge in [0, 0.05) is 24.7 Å². The molecular weight excluding hydrogens is 606 g/mol. The molecular formula is C31H45N3O10S. The molecule has 1 aliphatic rings. The molecule has 2 aromatic rings. The number of ether oxygens (including phenoxy) is 3. The Balaban J connectivity index is 2.24. The number of aromatic hydroxyl groups is 1. The average molecular weight is 652 g/mol. The van der Waals surface area contributed by atoms with Gasteiger partial charge >= 0.3 is 18.3 Å². The van der Waals surface area contributed by atoms with Crippen molar-refractivity contribution >= 4 is 45.1 Å². The number of hydrogen-bond donors (Lipinski definition) is 1. The molecule has 0 spiro atoms. The molecule has 0 saturated carbocycles. The van der Waals surface area contributed by atoms with E-state index in [9.17, 15) is 32.7 Å². The predicted octanol–water partition coefficient (Wildman–Crippen LogP) is 5.97. The van der Waals surface area contributed by atoms with E-state index in [0.717, 1.165) is 10.6 Å². The van der Waals surface area contributed by atoms with E-state index >= 15 is 0 Å². The Morgan fingerprint density at radius 1 is 0.867 bits per heavy atom. The number of phenols is 1. The number of rotatable bonds is 4. The third-order valence-electron chi connectivity index (χ3n) is 6.74. The molecule has 1 N–H and O–H groups in total. The highest BCUT2D eigenvalue weighted by Crippen LogP contribution is 2.39. The maximum atomic E-state index is 14.2. The molecule has 0 unspecified atom stereocenters. The first-order chi connectivity index (χ1) is 20.4. The molecule has 3 amide bonds. The summed E-state index contributed by atoms with van der Waals surface area (Å²) in [7, 11) is -3.40. The van der Waals surface area contributed by atoms with Crippen LogP contribution in [0.25, 0.3) is 10.9 Å². The van der Waals surface area contributed by atoms with Gasteiger partial charge in [-0.05, 0) is 106 Å². The van der Waals surface area contributed by atoms with Crippen molar-refractivity contribution in [1.29, 1.82) is 0 Å². The van der Waals surface area contributed by atoms with Gasteiger partial charge in [0.1, 0.15) is 22.6 Å². The summed E-state index contributed by atoms with van der Waals surface area (Å²) < 4.78 is 43.8. The van der Waals surface area contributed by atoms with E-state index in [1.54, 1.807) is 69.2 Å². The molecule has 1 saturated heterocycles. The zero-order chi connectivity index (χ0) is 34.3. The minimum absolute atomic E-state index is 0.0113. The third-order valence-corrected chi connectivity index (χ3v) is 8.62. The first-order valence-corrected chi connectivity index (χ1v) is 16.4. The molecule has 1 aliphatic heterocycles. The Morgan fingerprint density at radius 2 is 1.36 bits per heavy atom. The normalized spacial score (nSPS) is 15.5. The van der Waals surface area contributed by atoms with Gasteiger partial charge in [-0.1, -0.05) is 0 Å². The van der Waals surface area contributed by atoms with E-state index in [1.165, 1.54) is 16.6 Å². The summed E-state index contributed by atoms with van der Waals surface area (Å²) in [5, 5.41) is 11.1. The van der Waals surface area contributed by atoms with E-state index in [2.05, 4.69) is 0 Å². The predicted molar refractivity (Wildman–Crippen MR) is 167 cm³/mol. The number of piperidine rings is 1. The van der Waals surface area contributed by atoms with Gasteiger partial charge in [0.25, 0.3) is 5.91 Å². The number of nitrogens with zero attached hydrogens (tertiary/aromatic N) is 3. The molecule has 13 nitrogen and oxygen atoms in total. The van der Waals surface area contributed by atoms with Crippen LogP contribution in [0.4, 0.5) is 14.4 Å². The minimum atomic E-state index is -3.40. The average Bonchev–Trinajstić information content (AvgIpc) is 3.24. The number of aromatic nitrogens is 1. The highest BCUT2D eigenvalue weighted by atomic mass is 32.2. The number of fused-ring (bicyclic) bond motifs is 1. The van der Waals surface area contributed by atoms with Crippen LogP contribution in [-0.2, 0) is 24.2 Å². The van der Waals surface area contributed by atoms with E-state index < -0.39 is 51.0 Å². The second-order valence-electron chi connectivity index (χ2n) is 14.0. The molecule has 250 valence electrons. The Labute approximate surface area is 264 Å². The topological polar surface area (TPSA) is 162 Å². The standard InChI is InChI=1S/C31H45N3O10S/c1-11-45(40,41)32-14-12-19(13-15-32)23-18-33(26(37)42-29(2,3)4)24-21(23)16-20(35)17-22(24)25(36)34(27(38)43-30(5,6)7)28(39)44-31(8,9)10/h16-19,35H,11-15H2,1-10H3. The first-order valence-electron chi connectivity index (χ1n) is 14.8. The summed E-state index contributed by atoms with van der Waals surface area (Å²) in [6.45, 7) is 16.5. The number of sulfonamides is 1. The van der Waals surface area contributed by atoms with Crippen molar-refractivity contribution in [2.75, 3.05) is 18.8 Å². The number of amides is 3. The molecule has 0 atom stereocenters. The molecule has 2 heterocycles. The SMILES string of the molecule is CCS(=O)(=O)N1CCC(c2cn(C(=O)OC(C)(C)C)c3c(C(=O)N(C(=O)OC(C)(C)C)C(=O)OC(C)(C)C)cc(O)cc23)CC1. The molecule has 0 bridgehead atoms. The summed E-state index contributed by atoms with van der Waals surface area (Å²) in [6.07, 6.45) is -1.14. The quantitative estimate of drug-likeness (QED) is 0.390. The van der Waals surface area contributed by atoms with Gasteiger partial charge in [-0.3, -0.25) is 9.36 Å². The van der Waals surface area contributed by atoms with Crippen molar-refractivity contribution in [3.05, 3.63) is 29.5 Å². The maximum Gasteiger partial charge on any atom is 0.427 e. The van der Waals surface area contributed by atoms with Crippen LogP contribution < -0.4 is 0 Å². The van der Waals surface area contributed by atoms with E-state index in [0.29, 0.717) is 23.8 Å². The Morgan fingerprint density at radius 3 is 1.80 bits per heavy atom. The minimum Gasteiger partial charge on any atom is -0.508 e. The molecule has 3 rings (SSSR count). The van der Waals surface area contributed by atoms with Gasteiger partial charge in [-0.2, -0.15) is 0 Å². The summed E-state index contributed by atoms with van der Waals surface area (Å²) in [5.74, 6) is -1.84. The van der Waals surface area contributed by atoms with Crippen LogP contribution in [0.15, 0.2) is 18.3 Å². The lowest BCUT2D eigenvalue weighted by Gasteiger charge is -2.31. The Bertz CT molecular complexity index is 1550. The lowest BCUT2D eigenvalue weighted by molar-refractivity contribution is 0.00396. The van der Waals surface area contributed by atoms with Gasteiger partial charge < -0.3 is 19.3 Å². The van der Waals surface area contributed by atoms with Crippen molar-refractivity contribution in [3.63, 3.8) is 0 Å². The largest absolute Gasteiger partial charge is 0.508 e. The highest BCUT2D eigenvalue weighted by Gasteiger charge is 2.39. The molecule has 1 aromatic heterocycles. The van der Waals surface area contributed by atoms with Crippen molar-refractivity contribution < 1.29 is 46.9 Å². The van der Waals surface area contributed by atoms with Gasteiger partial charge in [0.15, 0.2) is 0 Å². The Kier molecular flexibility index (Phi) is 10.1. The maximum absolute atomic E-state index is 14.2. The fourth-order valence-electron chi connectivity index (χ4n) is 4.92. The number of phenolic OH excluding ortho intramolecular Hbond substituents is 1. The second kappa shape index (κ2) is 12.6. The zero-order valence-corrected chi connectivity index (χ0v) is 28.5. The summed E-state index contributed by atoms with van der Waals surface area (Å²) >= 11 is 0. The molecule has 45 heavy (non-hydrogen) atoms. The summed E-state index contributed by atoms with van der Waals surface area (Å²) in [6, 6.07) is 2.43. The van der Waals surface area contributed by atoms with Crippen LogP contribution in [0.3, 0.4) is 0 Å². The highest BCUT2D eigenvalue weighted by molar-refractivity contribution is 7.89. The van der Waals surface area contributed by atoms with Crippen molar-refractivity contribution in [3.8, 4) is 5.75 Å². The molecule has 14 heteroatoms. The monoisotopic (exact) mass is 651 g/mol. The fourth-order valence-corrected chi connectivity index (χ4v) is 6.05. The van der Waals surface area contributed by atoms with Crippen molar-refractivity contribution in [2.24, 2.45) is 0 Å². The fraction of sp³-hybridized carbons (Fsp3) is 0.613. The zero-order valence-electron chi connectivity index (χ0n) is 27.7. The summed E-state index contributed by atoms with van der Waals surface area (Å²) in [4.78, 5) is 54.5. The number of imide groups is 3. The lowest BCUT2D eigenvalue weighted by Crippen LogP contribution is -2.47. The lowest BCUT2D eigenvalue weighted by atomic mass is 9.89. The van der Waals surface area contributed by atoms with Gasteiger partial charge in [-0.25, -0.2) is 27.1 Å². The molecule has 1 fully saturated rings. The van der Waals surface area contributed by atoms with Crippen LogP contribution in [0.1, 0.15) is 104 Å². The van der Waals surface area contributed by atoms with Crippen molar-refractivity contribution in [1.82, 2.24) is 13.8 Å². The number of carbonyl (C=O) groups excluding carboxylic acids is 4. The van der Waals surface area contributed by atoms with Gasteiger partial charge in [0.05, 0.1) is 16.8 Å². The van der Waals surface area contributed by atoms with Crippen LogP contribution in [0, 0.1) is 0 Å². The van der Waals surface area contributed by atoms with Crippen LogP contribution >= 0.6 is 0 Å². The number of benzene rings is 1. The number of hydrogen-bond acceptors (Lipinski definition) is 10. The van der Waals surface area contributed by atoms with Crippen LogP contribution in [0.2, 0.25) is 0 Å². The van der Waals surface area contributed by atoms with E-state index in [1.807, 2.05) is 0 Å².